The molecule has 0 aliphatic rings. The number of nitrogens with one attached hydrogen (secondary N) is 1. The summed E-state index contributed by atoms with van der Waals surface area (Å²) in [5.74, 6) is 0.956. The summed E-state index contributed by atoms with van der Waals surface area (Å²) in [6.07, 6.45) is 15.7. The van der Waals surface area contributed by atoms with Crippen molar-refractivity contribution in [2.75, 3.05) is 18.8 Å². The van der Waals surface area contributed by atoms with E-state index in [9.17, 15) is 0 Å². The van der Waals surface area contributed by atoms with E-state index >= 15 is 0 Å². The highest BCUT2D eigenvalue weighted by atomic mass is 32.1. The largest absolute Gasteiger partial charge is 0.316 e. The Morgan fingerprint density at radius 3 is 1.59 bits per heavy atom. The third kappa shape index (κ3) is 16.3. The Labute approximate surface area is 115 Å². The van der Waals surface area contributed by atoms with Gasteiger partial charge in [-0.25, -0.2) is 0 Å². The van der Waals surface area contributed by atoms with Gasteiger partial charge in [0.25, 0.3) is 0 Å². The van der Waals surface area contributed by atoms with Crippen LogP contribution in [0.25, 0.3) is 0 Å². The van der Waals surface area contributed by atoms with E-state index in [2.05, 4.69) is 24.9 Å². The molecule has 2 heteroatoms. The van der Waals surface area contributed by atoms with Gasteiger partial charge < -0.3 is 5.32 Å². The van der Waals surface area contributed by atoms with Crippen LogP contribution in [0.2, 0.25) is 0 Å². The summed E-state index contributed by atoms with van der Waals surface area (Å²) >= 11 is 4.17. The third-order valence-electron chi connectivity index (χ3n) is 3.25. The van der Waals surface area contributed by atoms with Crippen molar-refractivity contribution in [1.82, 2.24) is 5.32 Å². The summed E-state index contributed by atoms with van der Waals surface area (Å²) in [5, 5.41) is 3.39. The second-order valence-electron chi connectivity index (χ2n) is 5.01. The standard InChI is InChI=1S/C15H33NS/c1-2-3-4-5-6-7-8-9-10-11-12-13-16-14-15-17/h16-17H,2-15H2,1H3. The molecular formula is C15H33NS. The molecule has 1 nitrogen and oxygen atoms in total. The summed E-state index contributed by atoms with van der Waals surface area (Å²) in [6.45, 7) is 4.52. The Balaban J connectivity index is 2.85. The van der Waals surface area contributed by atoms with Gasteiger partial charge in [-0.3, -0.25) is 0 Å². The summed E-state index contributed by atoms with van der Waals surface area (Å²) in [5.41, 5.74) is 0. The minimum Gasteiger partial charge on any atom is -0.316 e. The summed E-state index contributed by atoms with van der Waals surface area (Å²) in [4.78, 5) is 0. The first kappa shape index (κ1) is 17.3. The third-order valence-corrected chi connectivity index (χ3v) is 3.47. The molecule has 0 bridgehead atoms. The normalized spacial score (nSPS) is 10.9. The molecule has 0 aromatic heterocycles. The SMILES string of the molecule is CCCCCCCCCCCCCNCCS. The van der Waals surface area contributed by atoms with Crippen LogP contribution in [0.5, 0.6) is 0 Å². The van der Waals surface area contributed by atoms with Gasteiger partial charge >= 0.3 is 0 Å². The van der Waals surface area contributed by atoms with Gasteiger partial charge in [0.1, 0.15) is 0 Å². The highest BCUT2D eigenvalue weighted by Gasteiger charge is 1.92. The maximum atomic E-state index is 4.17. The minimum absolute atomic E-state index is 0.956. The molecule has 0 aromatic rings. The summed E-state index contributed by atoms with van der Waals surface area (Å²) in [7, 11) is 0. The maximum Gasteiger partial charge on any atom is 0.00397 e. The Kier molecular flexibility index (Phi) is 16.6. The Morgan fingerprint density at radius 2 is 1.12 bits per heavy atom. The molecule has 0 rings (SSSR count). The molecule has 0 aliphatic heterocycles. The Bertz CT molecular complexity index is 114. The van der Waals surface area contributed by atoms with Crippen LogP contribution in [0, 0.1) is 0 Å². The predicted molar refractivity (Wildman–Crippen MR) is 83.2 cm³/mol. The Hall–Kier alpha value is 0.310. The molecular weight excluding hydrogens is 226 g/mol. The van der Waals surface area contributed by atoms with Crippen LogP contribution in [-0.4, -0.2) is 18.8 Å². The van der Waals surface area contributed by atoms with Crippen LogP contribution in [0.1, 0.15) is 77.6 Å². The number of hydrogen-bond acceptors (Lipinski definition) is 2. The summed E-state index contributed by atoms with van der Waals surface area (Å²) < 4.78 is 0. The average Bonchev–Trinajstić information content (AvgIpc) is 2.35. The minimum atomic E-state index is 0.956. The zero-order chi connectivity index (χ0) is 12.6. The van der Waals surface area contributed by atoms with Crippen LogP contribution in [0.15, 0.2) is 0 Å². The van der Waals surface area contributed by atoms with Gasteiger partial charge in [-0.05, 0) is 13.0 Å². The van der Waals surface area contributed by atoms with Gasteiger partial charge in [0.05, 0.1) is 0 Å². The van der Waals surface area contributed by atoms with E-state index < -0.39 is 0 Å². The number of thiol groups is 1. The maximum absolute atomic E-state index is 4.17. The fourth-order valence-corrected chi connectivity index (χ4v) is 2.28. The lowest BCUT2D eigenvalue weighted by Gasteiger charge is -2.03. The number of rotatable bonds is 14. The van der Waals surface area contributed by atoms with E-state index in [1.54, 1.807) is 0 Å². The molecule has 0 aromatic carbocycles. The molecule has 0 saturated carbocycles. The molecule has 0 aliphatic carbocycles. The average molecular weight is 260 g/mol. The fourth-order valence-electron chi connectivity index (χ4n) is 2.12. The number of hydrogen-bond donors (Lipinski definition) is 2. The molecule has 0 radical (unpaired) electrons. The first-order chi connectivity index (χ1) is 8.41. The van der Waals surface area contributed by atoms with Crippen molar-refractivity contribution in [3.63, 3.8) is 0 Å². The van der Waals surface area contributed by atoms with Crippen molar-refractivity contribution in [1.29, 1.82) is 0 Å². The molecule has 104 valence electrons. The second-order valence-corrected chi connectivity index (χ2v) is 5.46. The van der Waals surface area contributed by atoms with Crippen molar-refractivity contribution >= 4 is 12.6 Å². The molecule has 0 unspecified atom stereocenters. The predicted octanol–water partition coefficient (Wildman–Crippen LogP) is 4.82. The van der Waals surface area contributed by atoms with E-state index in [0.717, 1.165) is 12.3 Å². The van der Waals surface area contributed by atoms with Crippen molar-refractivity contribution < 1.29 is 0 Å². The fraction of sp³-hybridized carbons (Fsp3) is 1.00. The van der Waals surface area contributed by atoms with Crippen LogP contribution >= 0.6 is 12.6 Å². The van der Waals surface area contributed by atoms with Crippen molar-refractivity contribution in [3.8, 4) is 0 Å². The molecule has 0 amide bonds. The van der Waals surface area contributed by atoms with E-state index in [1.165, 1.54) is 77.2 Å². The van der Waals surface area contributed by atoms with Crippen LogP contribution in [-0.2, 0) is 0 Å². The zero-order valence-corrected chi connectivity index (χ0v) is 12.7. The lowest BCUT2D eigenvalue weighted by Crippen LogP contribution is -2.17. The quantitative estimate of drug-likeness (QED) is 0.337. The molecule has 0 fully saturated rings. The molecule has 0 spiro atoms. The first-order valence-corrected chi connectivity index (χ1v) is 8.36. The first-order valence-electron chi connectivity index (χ1n) is 7.73. The second kappa shape index (κ2) is 16.3. The molecule has 0 atom stereocenters. The smallest absolute Gasteiger partial charge is 0.00397 e. The Morgan fingerprint density at radius 1 is 0.647 bits per heavy atom. The van der Waals surface area contributed by atoms with E-state index in [4.69, 9.17) is 0 Å². The highest BCUT2D eigenvalue weighted by molar-refractivity contribution is 7.80. The summed E-state index contributed by atoms with van der Waals surface area (Å²) in [6, 6.07) is 0. The lowest BCUT2D eigenvalue weighted by atomic mass is 10.1. The lowest BCUT2D eigenvalue weighted by molar-refractivity contribution is 0.542. The van der Waals surface area contributed by atoms with E-state index in [1.807, 2.05) is 0 Å². The van der Waals surface area contributed by atoms with E-state index in [0.29, 0.717) is 0 Å². The topological polar surface area (TPSA) is 12.0 Å². The van der Waals surface area contributed by atoms with Crippen LogP contribution in [0.3, 0.4) is 0 Å². The molecule has 1 N–H and O–H groups in total. The molecule has 17 heavy (non-hydrogen) atoms. The highest BCUT2D eigenvalue weighted by Crippen LogP contribution is 2.10. The van der Waals surface area contributed by atoms with Crippen molar-refractivity contribution in [3.05, 3.63) is 0 Å². The number of unbranched alkanes of at least 4 members (excludes halogenated alkanes) is 10. The van der Waals surface area contributed by atoms with Gasteiger partial charge in [-0.1, -0.05) is 71.1 Å². The monoisotopic (exact) mass is 259 g/mol. The van der Waals surface area contributed by atoms with Crippen molar-refractivity contribution in [2.45, 2.75) is 77.6 Å². The molecule has 0 heterocycles. The van der Waals surface area contributed by atoms with Gasteiger partial charge in [-0.2, -0.15) is 12.6 Å². The van der Waals surface area contributed by atoms with Gasteiger partial charge in [0.2, 0.25) is 0 Å². The van der Waals surface area contributed by atoms with Crippen molar-refractivity contribution in [2.24, 2.45) is 0 Å². The van der Waals surface area contributed by atoms with Gasteiger partial charge in [0.15, 0.2) is 0 Å². The van der Waals surface area contributed by atoms with Gasteiger partial charge in [0, 0.05) is 12.3 Å². The van der Waals surface area contributed by atoms with E-state index in [-0.39, 0.29) is 0 Å². The zero-order valence-electron chi connectivity index (χ0n) is 11.8. The van der Waals surface area contributed by atoms with Gasteiger partial charge in [-0.15, -0.1) is 0 Å². The molecule has 0 saturated heterocycles. The van der Waals surface area contributed by atoms with Crippen LogP contribution < -0.4 is 5.32 Å². The van der Waals surface area contributed by atoms with Crippen LogP contribution in [0.4, 0.5) is 0 Å².